The van der Waals surface area contributed by atoms with E-state index in [-0.39, 0.29) is 11.7 Å². The van der Waals surface area contributed by atoms with E-state index >= 15 is 0 Å². The second-order valence-corrected chi connectivity index (χ2v) is 9.74. The van der Waals surface area contributed by atoms with Crippen molar-refractivity contribution in [1.29, 1.82) is 0 Å². The molecule has 1 atom stereocenters. The zero-order valence-corrected chi connectivity index (χ0v) is 21.3. The topological polar surface area (TPSA) is 84.5 Å². The first-order valence-corrected chi connectivity index (χ1v) is 12.6. The second kappa shape index (κ2) is 9.85. The van der Waals surface area contributed by atoms with Crippen LogP contribution < -0.4 is 5.01 Å². The van der Waals surface area contributed by atoms with Gasteiger partial charge in [0.1, 0.15) is 0 Å². The van der Waals surface area contributed by atoms with Crippen molar-refractivity contribution < 1.29 is 4.92 Å². The molecule has 1 aliphatic rings. The number of hydrazone groups is 1. The van der Waals surface area contributed by atoms with Gasteiger partial charge in [-0.25, -0.2) is 15.0 Å². The highest BCUT2D eigenvalue weighted by molar-refractivity contribution is 6.31. The van der Waals surface area contributed by atoms with Gasteiger partial charge in [0, 0.05) is 39.5 Å². The summed E-state index contributed by atoms with van der Waals surface area (Å²) in [5, 5.41) is 20.3. The number of benzene rings is 4. The zero-order valence-electron chi connectivity index (χ0n) is 19.8. The number of fused-ring (bicyclic) bond motifs is 1. The minimum atomic E-state index is -0.395. The minimum absolute atomic E-state index is 0.0152. The van der Waals surface area contributed by atoms with Crippen LogP contribution in [0.15, 0.2) is 102 Å². The Balaban J connectivity index is 1.54. The van der Waals surface area contributed by atoms with Crippen molar-refractivity contribution >= 4 is 51.5 Å². The first-order chi connectivity index (χ1) is 18.5. The van der Waals surface area contributed by atoms with Gasteiger partial charge in [-0.1, -0.05) is 77.8 Å². The van der Waals surface area contributed by atoms with Crippen LogP contribution in [0.3, 0.4) is 0 Å². The lowest BCUT2D eigenvalue weighted by molar-refractivity contribution is -0.384. The number of nitro benzene ring substituents is 1. The molecule has 186 valence electrons. The van der Waals surface area contributed by atoms with E-state index < -0.39 is 4.92 Å². The van der Waals surface area contributed by atoms with Gasteiger partial charge in [0.25, 0.3) is 5.69 Å². The summed E-state index contributed by atoms with van der Waals surface area (Å²) in [5.74, 6) is 0.388. The maximum atomic E-state index is 11.5. The molecule has 0 fully saturated rings. The zero-order chi connectivity index (χ0) is 26.2. The number of anilines is 1. The Bertz CT molecular complexity index is 1710. The van der Waals surface area contributed by atoms with E-state index in [1.165, 1.54) is 6.07 Å². The molecule has 5 aromatic rings. The van der Waals surface area contributed by atoms with Crippen molar-refractivity contribution in [2.45, 2.75) is 12.5 Å². The Labute approximate surface area is 228 Å². The molecule has 38 heavy (non-hydrogen) atoms. The first-order valence-electron chi connectivity index (χ1n) is 11.9. The van der Waals surface area contributed by atoms with Gasteiger partial charge < -0.3 is 0 Å². The second-order valence-electron chi connectivity index (χ2n) is 8.87. The molecule has 0 N–H and O–H groups in total. The number of aromatic nitrogens is 2. The summed E-state index contributed by atoms with van der Waals surface area (Å²) in [6.07, 6.45) is 0.505. The summed E-state index contributed by atoms with van der Waals surface area (Å²) in [6, 6.07) is 29.0. The lowest BCUT2D eigenvalue weighted by Gasteiger charge is -2.23. The van der Waals surface area contributed by atoms with Crippen LogP contribution in [0.5, 0.6) is 0 Å². The average molecular weight is 540 g/mol. The number of rotatable bonds is 5. The molecule has 0 amide bonds. The summed E-state index contributed by atoms with van der Waals surface area (Å²) >= 11 is 12.4. The molecule has 7 nitrogen and oxygen atoms in total. The Morgan fingerprint density at radius 3 is 2.34 bits per heavy atom. The Morgan fingerprint density at radius 1 is 0.816 bits per heavy atom. The largest absolute Gasteiger partial charge is 0.269 e. The fourth-order valence-corrected chi connectivity index (χ4v) is 4.92. The molecule has 1 aromatic heterocycles. The maximum Gasteiger partial charge on any atom is 0.269 e. The van der Waals surface area contributed by atoms with E-state index in [2.05, 4.69) is 0 Å². The Morgan fingerprint density at radius 2 is 1.58 bits per heavy atom. The summed E-state index contributed by atoms with van der Waals surface area (Å²) < 4.78 is 0. The molecule has 0 saturated carbocycles. The van der Waals surface area contributed by atoms with Crippen molar-refractivity contribution in [3.8, 4) is 11.3 Å². The van der Waals surface area contributed by atoms with Gasteiger partial charge in [0.15, 0.2) is 0 Å². The van der Waals surface area contributed by atoms with E-state index in [4.69, 9.17) is 38.3 Å². The highest BCUT2D eigenvalue weighted by atomic mass is 35.5. The minimum Gasteiger partial charge on any atom is -0.258 e. The van der Waals surface area contributed by atoms with Crippen LogP contribution in [0.2, 0.25) is 10.0 Å². The number of non-ortho nitro benzene ring substituents is 1. The predicted octanol–water partition coefficient (Wildman–Crippen LogP) is 7.87. The predicted molar refractivity (Wildman–Crippen MR) is 151 cm³/mol. The molecule has 0 spiro atoms. The summed E-state index contributed by atoms with van der Waals surface area (Å²) in [6.45, 7) is 0. The molecule has 0 unspecified atom stereocenters. The van der Waals surface area contributed by atoms with E-state index in [0.717, 1.165) is 33.5 Å². The Kier molecular flexibility index (Phi) is 6.23. The van der Waals surface area contributed by atoms with Crippen molar-refractivity contribution in [3.05, 3.63) is 128 Å². The van der Waals surface area contributed by atoms with E-state index in [1.807, 2.05) is 72.8 Å². The fraction of sp³-hybridized carbons (Fsp3) is 0.0690. The fourth-order valence-electron chi connectivity index (χ4n) is 4.62. The molecule has 0 radical (unpaired) electrons. The van der Waals surface area contributed by atoms with Gasteiger partial charge in [-0.3, -0.25) is 10.1 Å². The normalized spacial score (nSPS) is 15.1. The van der Waals surface area contributed by atoms with Crippen LogP contribution in [0.1, 0.15) is 23.6 Å². The highest BCUT2D eigenvalue weighted by Crippen LogP contribution is 2.38. The first kappa shape index (κ1) is 24.0. The highest BCUT2D eigenvalue weighted by Gasteiger charge is 2.33. The van der Waals surface area contributed by atoms with E-state index in [1.54, 1.807) is 23.2 Å². The van der Waals surface area contributed by atoms with Gasteiger partial charge in [0.2, 0.25) is 5.95 Å². The van der Waals surface area contributed by atoms with Crippen LogP contribution in [-0.4, -0.2) is 20.6 Å². The van der Waals surface area contributed by atoms with Gasteiger partial charge in [-0.15, -0.1) is 0 Å². The molecule has 9 heteroatoms. The number of halogens is 2. The third-order valence-corrected chi connectivity index (χ3v) is 6.94. The standard InChI is InChI=1S/C29H19Cl2N5O2/c30-21-11-9-18(10-12-21)26-17-27(20-7-4-8-23(15-20)36(37)38)35(34-26)29-32-25-14-13-22(31)16-24(25)28(33-29)19-5-2-1-3-6-19/h1-16,27H,17H2/t27-/m0/s1. The van der Waals surface area contributed by atoms with E-state index in [0.29, 0.717) is 27.9 Å². The lowest BCUT2D eigenvalue weighted by Crippen LogP contribution is -2.21. The molecular formula is C29H19Cl2N5O2. The monoisotopic (exact) mass is 539 g/mol. The van der Waals surface area contributed by atoms with E-state index in [9.17, 15) is 10.1 Å². The summed E-state index contributed by atoms with van der Waals surface area (Å²) in [5.41, 5.74) is 4.82. The van der Waals surface area contributed by atoms with Crippen LogP contribution in [0.25, 0.3) is 22.2 Å². The quantitative estimate of drug-likeness (QED) is 0.167. The molecule has 0 aliphatic carbocycles. The number of nitro groups is 1. The van der Waals surface area contributed by atoms with Gasteiger partial charge in [-0.2, -0.15) is 5.10 Å². The number of hydrogen-bond donors (Lipinski definition) is 0. The third-order valence-electron chi connectivity index (χ3n) is 6.45. The molecule has 1 aliphatic heterocycles. The smallest absolute Gasteiger partial charge is 0.258 e. The van der Waals surface area contributed by atoms with Crippen LogP contribution in [0.4, 0.5) is 11.6 Å². The SMILES string of the molecule is O=[N+]([O-])c1cccc([C@@H]2CC(c3ccc(Cl)cc3)=NN2c2nc(-c3ccccc3)c3cc(Cl)ccc3n2)c1. The molecular weight excluding hydrogens is 521 g/mol. The van der Waals surface area contributed by atoms with Crippen molar-refractivity contribution in [1.82, 2.24) is 9.97 Å². The lowest BCUT2D eigenvalue weighted by atomic mass is 9.98. The van der Waals surface area contributed by atoms with Crippen molar-refractivity contribution in [3.63, 3.8) is 0 Å². The van der Waals surface area contributed by atoms with Gasteiger partial charge >= 0.3 is 0 Å². The summed E-state index contributed by atoms with van der Waals surface area (Å²) in [4.78, 5) is 21.0. The maximum absolute atomic E-state index is 11.5. The van der Waals surface area contributed by atoms with Gasteiger partial charge in [-0.05, 0) is 41.5 Å². The molecule has 0 bridgehead atoms. The number of nitrogens with zero attached hydrogens (tertiary/aromatic N) is 5. The van der Waals surface area contributed by atoms with Crippen LogP contribution >= 0.6 is 23.2 Å². The molecule has 0 saturated heterocycles. The van der Waals surface area contributed by atoms with Crippen LogP contribution in [0, 0.1) is 10.1 Å². The summed E-state index contributed by atoms with van der Waals surface area (Å²) in [7, 11) is 0. The number of hydrogen-bond acceptors (Lipinski definition) is 6. The van der Waals surface area contributed by atoms with Crippen molar-refractivity contribution in [2.75, 3.05) is 5.01 Å². The van der Waals surface area contributed by atoms with Crippen molar-refractivity contribution in [2.24, 2.45) is 5.10 Å². The Hall–Kier alpha value is -4.33. The average Bonchev–Trinajstić information content (AvgIpc) is 3.39. The van der Waals surface area contributed by atoms with Crippen LogP contribution in [-0.2, 0) is 0 Å². The third kappa shape index (κ3) is 4.58. The molecule has 4 aromatic carbocycles. The molecule has 6 rings (SSSR count). The van der Waals surface area contributed by atoms with Gasteiger partial charge in [0.05, 0.1) is 27.9 Å². The molecule has 2 heterocycles.